The van der Waals surface area contributed by atoms with Crippen LogP contribution in [0.15, 0.2) is 48.8 Å². The van der Waals surface area contributed by atoms with Crippen molar-refractivity contribution in [2.75, 3.05) is 7.11 Å². The van der Waals surface area contributed by atoms with E-state index in [2.05, 4.69) is 9.88 Å². The lowest BCUT2D eigenvalue weighted by Crippen LogP contribution is -2.34. The van der Waals surface area contributed by atoms with E-state index in [1.807, 2.05) is 48.8 Å². The van der Waals surface area contributed by atoms with Gasteiger partial charge in [0.2, 0.25) is 5.91 Å². The number of carbonyl (C=O) groups excluding carboxylic acids is 1. The Bertz CT molecular complexity index is 613. The van der Waals surface area contributed by atoms with Gasteiger partial charge < -0.3 is 14.6 Å². The van der Waals surface area contributed by atoms with E-state index >= 15 is 0 Å². The Morgan fingerprint density at radius 1 is 1.22 bits per heavy atom. The molecular weight excluding hydrogens is 288 g/mol. The molecule has 1 aromatic heterocycles. The third-order valence-corrected chi connectivity index (χ3v) is 4.59. The van der Waals surface area contributed by atoms with Crippen molar-refractivity contribution < 1.29 is 9.53 Å². The van der Waals surface area contributed by atoms with Crippen LogP contribution >= 0.6 is 0 Å². The minimum Gasteiger partial charge on any atom is -0.497 e. The van der Waals surface area contributed by atoms with E-state index in [0.29, 0.717) is 12.5 Å². The molecular formula is C19H24N2O2. The Hall–Kier alpha value is -2.23. The molecule has 1 aliphatic carbocycles. The number of amides is 1. The Labute approximate surface area is 137 Å². The predicted molar refractivity (Wildman–Crippen MR) is 90.6 cm³/mol. The zero-order valence-electron chi connectivity index (χ0n) is 13.6. The van der Waals surface area contributed by atoms with Gasteiger partial charge in [0.05, 0.1) is 19.6 Å². The van der Waals surface area contributed by atoms with Gasteiger partial charge in [-0.2, -0.15) is 0 Å². The first kappa shape index (κ1) is 15.7. The number of hydrogen-bond donors (Lipinski definition) is 1. The van der Waals surface area contributed by atoms with E-state index in [1.54, 1.807) is 7.11 Å². The topological polar surface area (TPSA) is 43.3 Å². The van der Waals surface area contributed by atoms with Crippen LogP contribution in [0, 0.1) is 0 Å². The van der Waals surface area contributed by atoms with Crippen LogP contribution < -0.4 is 10.1 Å². The summed E-state index contributed by atoms with van der Waals surface area (Å²) in [5.74, 6) is 0.960. The van der Waals surface area contributed by atoms with Crippen LogP contribution in [0.1, 0.15) is 43.7 Å². The van der Waals surface area contributed by atoms with E-state index in [1.165, 1.54) is 12.8 Å². The number of methoxy groups -OCH3 is 1. The molecule has 1 aromatic carbocycles. The Morgan fingerprint density at radius 3 is 2.48 bits per heavy atom. The number of nitrogens with zero attached hydrogens (tertiary/aromatic N) is 1. The van der Waals surface area contributed by atoms with Gasteiger partial charge in [0.1, 0.15) is 5.75 Å². The highest BCUT2D eigenvalue weighted by molar-refractivity contribution is 5.77. The Balaban J connectivity index is 1.74. The molecule has 0 aliphatic heterocycles. The molecule has 122 valence electrons. The fourth-order valence-electron chi connectivity index (χ4n) is 3.31. The Kier molecular flexibility index (Phi) is 5.01. The summed E-state index contributed by atoms with van der Waals surface area (Å²) in [6.45, 7) is 0. The highest BCUT2D eigenvalue weighted by Crippen LogP contribution is 2.25. The van der Waals surface area contributed by atoms with Gasteiger partial charge in [0.15, 0.2) is 0 Å². The monoisotopic (exact) mass is 312 g/mol. The van der Waals surface area contributed by atoms with E-state index in [9.17, 15) is 4.79 Å². The highest BCUT2D eigenvalue weighted by Gasteiger charge is 2.21. The molecule has 3 rings (SSSR count). The van der Waals surface area contributed by atoms with Gasteiger partial charge in [-0.1, -0.05) is 25.0 Å². The maximum absolute atomic E-state index is 12.5. The van der Waals surface area contributed by atoms with Crippen LogP contribution in [-0.4, -0.2) is 23.6 Å². The molecule has 1 amide bonds. The second-order valence-electron chi connectivity index (χ2n) is 6.17. The number of nitrogens with one attached hydrogen (secondary N) is 1. The minimum absolute atomic E-state index is 0.0114. The summed E-state index contributed by atoms with van der Waals surface area (Å²) in [4.78, 5) is 12.5. The predicted octanol–water partition coefficient (Wildman–Crippen LogP) is 3.54. The van der Waals surface area contributed by atoms with E-state index in [4.69, 9.17) is 4.74 Å². The normalized spacial score (nSPS) is 16.2. The van der Waals surface area contributed by atoms with Gasteiger partial charge in [-0.05, 0) is 42.7 Å². The van der Waals surface area contributed by atoms with E-state index in [-0.39, 0.29) is 11.9 Å². The molecule has 0 radical (unpaired) electrons. The maximum Gasteiger partial charge on any atom is 0.222 e. The quantitative estimate of drug-likeness (QED) is 0.886. The lowest BCUT2D eigenvalue weighted by Gasteiger charge is -2.21. The van der Waals surface area contributed by atoms with Gasteiger partial charge in [0, 0.05) is 18.4 Å². The molecule has 1 heterocycles. The molecule has 1 fully saturated rings. The summed E-state index contributed by atoms with van der Waals surface area (Å²) in [5, 5.41) is 3.19. The number of ether oxygens (including phenoxy) is 1. The third kappa shape index (κ3) is 3.95. The van der Waals surface area contributed by atoms with Gasteiger partial charge in [-0.3, -0.25) is 4.79 Å². The van der Waals surface area contributed by atoms with Gasteiger partial charge in [-0.25, -0.2) is 0 Å². The van der Waals surface area contributed by atoms with Crippen molar-refractivity contribution in [2.45, 2.75) is 44.2 Å². The summed E-state index contributed by atoms with van der Waals surface area (Å²) >= 11 is 0. The second-order valence-corrected chi connectivity index (χ2v) is 6.17. The van der Waals surface area contributed by atoms with Crippen molar-refractivity contribution in [3.05, 3.63) is 54.4 Å². The van der Waals surface area contributed by atoms with Crippen molar-refractivity contribution in [1.29, 1.82) is 0 Å². The zero-order valence-corrected chi connectivity index (χ0v) is 13.6. The molecule has 4 heteroatoms. The first-order chi connectivity index (χ1) is 11.3. The number of hydrogen-bond acceptors (Lipinski definition) is 2. The fraction of sp³-hybridized carbons (Fsp3) is 0.421. The van der Waals surface area contributed by atoms with Gasteiger partial charge in [0.25, 0.3) is 0 Å². The molecule has 1 saturated carbocycles. The second kappa shape index (κ2) is 7.36. The number of rotatable bonds is 6. The van der Waals surface area contributed by atoms with Crippen LogP contribution in [0.5, 0.6) is 5.75 Å². The number of aromatic nitrogens is 1. The van der Waals surface area contributed by atoms with Crippen molar-refractivity contribution >= 4 is 5.91 Å². The summed E-state index contributed by atoms with van der Waals surface area (Å²) < 4.78 is 7.32. The summed E-state index contributed by atoms with van der Waals surface area (Å²) in [6.07, 6.45) is 9.16. The molecule has 0 saturated heterocycles. The summed E-state index contributed by atoms with van der Waals surface area (Å²) in [5.41, 5.74) is 1.11. The maximum atomic E-state index is 12.5. The molecule has 4 nitrogen and oxygen atoms in total. The van der Waals surface area contributed by atoms with Crippen LogP contribution in [-0.2, 0) is 4.79 Å². The van der Waals surface area contributed by atoms with Crippen LogP contribution in [0.3, 0.4) is 0 Å². The van der Waals surface area contributed by atoms with Crippen LogP contribution in [0.2, 0.25) is 0 Å². The number of benzene rings is 1. The molecule has 0 bridgehead atoms. The van der Waals surface area contributed by atoms with Crippen LogP contribution in [0.25, 0.3) is 0 Å². The minimum atomic E-state index is 0.0114. The average molecular weight is 312 g/mol. The van der Waals surface area contributed by atoms with Crippen molar-refractivity contribution in [3.63, 3.8) is 0 Å². The average Bonchev–Trinajstić information content (AvgIpc) is 3.26. The van der Waals surface area contributed by atoms with Crippen molar-refractivity contribution in [2.24, 2.45) is 0 Å². The number of carbonyl (C=O) groups is 1. The fourth-order valence-corrected chi connectivity index (χ4v) is 3.31. The largest absolute Gasteiger partial charge is 0.497 e. The van der Waals surface area contributed by atoms with Crippen molar-refractivity contribution in [1.82, 2.24) is 9.88 Å². The molecule has 0 spiro atoms. The third-order valence-electron chi connectivity index (χ3n) is 4.59. The van der Waals surface area contributed by atoms with Crippen molar-refractivity contribution in [3.8, 4) is 5.75 Å². The molecule has 1 atom stereocenters. The first-order valence-electron chi connectivity index (χ1n) is 8.32. The highest BCUT2D eigenvalue weighted by atomic mass is 16.5. The lowest BCUT2D eigenvalue weighted by molar-refractivity contribution is -0.122. The van der Waals surface area contributed by atoms with Gasteiger partial charge >= 0.3 is 0 Å². The molecule has 2 aromatic rings. The zero-order chi connectivity index (χ0) is 16.1. The molecule has 23 heavy (non-hydrogen) atoms. The molecule has 1 aliphatic rings. The van der Waals surface area contributed by atoms with Gasteiger partial charge in [-0.15, -0.1) is 0 Å². The standard InChI is InChI=1S/C19H24N2O2/c1-23-17-10-8-15(9-11-17)18(21-12-4-5-13-21)14-19(22)20-16-6-2-3-7-16/h4-5,8-13,16,18H,2-3,6-7,14H2,1H3,(H,20,22)/t18-/m0/s1. The van der Waals surface area contributed by atoms with Crippen LogP contribution in [0.4, 0.5) is 0 Å². The first-order valence-corrected chi connectivity index (χ1v) is 8.32. The molecule has 1 N–H and O–H groups in total. The Morgan fingerprint density at radius 2 is 1.87 bits per heavy atom. The summed E-state index contributed by atoms with van der Waals surface area (Å²) in [6, 6.07) is 12.3. The summed E-state index contributed by atoms with van der Waals surface area (Å²) in [7, 11) is 1.66. The van der Waals surface area contributed by atoms with E-state index < -0.39 is 0 Å². The SMILES string of the molecule is COc1ccc([C@H](CC(=O)NC2CCCC2)n2cccc2)cc1. The smallest absolute Gasteiger partial charge is 0.222 e. The van der Waals surface area contributed by atoms with E-state index in [0.717, 1.165) is 24.2 Å². The lowest BCUT2D eigenvalue weighted by atomic mass is 10.0. The molecule has 0 unspecified atom stereocenters.